The maximum atomic E-state index is 13.2. The van der Waals surface area contributed by atoms with Crippen molar-refractivity contribution in [1.82, 2.24) is 15.5 Å². The Kier molecular flexibility index (Phi) is 11.4. The third-order valence-corrected chi connectivity index (χ3v) is 5.42. The number of rotatable bonds is 14. The summed E-state index contributed by atoms with van der Waals surface area (Å²) in [6.45, 7) is 3.89. The van der Waals surface area contributed by atoms with Crippen LogP contribution >= 0.6 is 0 Å². The first kappa shape index (κ1) is 28.8. The van der Waals surface area contributed by atoms with E-state index in [4.69, 9.17) is 15.9 Å². The van der Waals surface area contributed by atoms with Crippen molar-refractivity contribution >= 4 is 35.6 Å². The number of nitrogens with one attached hydrogen (secondary N) is 2. The summed E-state index contributed by atoms with van der Waals surface area (Å²) in [6, 6.07) is -4.61. The highest BCUT2D eigenvalue weighted by Crippen LogP contribution is 2.20. The highest BCUT2D eigenvalue weighted by atomic mass is 16.4. The van der Waals surface area contributed by atoms with Gasteiger partial charge in [0, 0.05) is 19.4 Å². The minimum atomic E-state index is -1.45. The number of aliphatic carboxylic acids is 3. The Bertz CT molecular complexity index is 786. The summed E-state index contributed by atoms with van der Waals surface area (Å²) < 4.78 is 0. The predicted octanol–water partition coefficient (Wildman–Crippen LogP) is -0.865. The molecule has 0 bridgehead atoms. The summed E-state index contributed by atoms with van der Waals surface area (Å²) in [5.74, 6) is -5.72. The molecule has 1 fully saturated rings. The molecule has 0 aliphatic carbocycles. The van der Waals surface area contributed by atoms with E-state index in [1.54, 1.807) is 0 Å². The molecule has 0 spiro atoms. The molecule has 4 atom stereocenters. The number of amides is 3. The number of nitrogens with two attached hydrogens (primary N) is 1. The lowest BCUT2D eigenvalue weighted by Crippen LogP contribution is -2.57. The van der Waals surface area contributed by atoms with Gasteiger partial charge in [-0.3, -0.25) is 24.0 Å². The van der Waals surface area contributed by atoms with E-state index >= 15 is 0 Å². The normalized spacial score (nSPS) is 18.1. The second-order valence-electron chi connectivity index (χ2n) is 8.75. The third kappa shape index (κ3) is 9.33. The maximum Gasteiger partial charge on any atom is 0.326 e. The molecule has 1 rings (SSSR count). The van der Waals surface area contributed by atoms with Crippen molar-refractivity contribution in [1.29, 1.82) is 0 Å². The number of hydrogen-bond donors (Lipinski definition) is 6. The smallest absolute Gasteiger partial charge is 0.326 e. The van der Waals surface area contributed by atoms with Gasteiger partial charge in [-0.25, -0.2) is 4.79 Å². The highest BCUT2D eigenvalue weighted by molar-refractivity contribution is 5.94. The Labute approximate surface area is 197 Å². The van der Waals surface area contributed by atoms with Gasteiger partial charge >= 0.3 is 17.9 Å². The van der Waals surface area contributed by atoms with Crippen LogP contribution in [0.1, 0.15) is 58.8 Å². The molecule has 13 heteroatoms. The Hall–Kier alpha value is -3.22. The zero-order chi connectivity index (χ0) is 26.0. The fourth-order valence-corrected chi connectivity index (χ4v) is 3.72. The summed E-state index contributed by atoms with van der Waals surface area (Å²) in [4.78, 5) is 72.8. The summed E-state index contributed by atoms with van der Waals surface area (Å²) >= 11 is 0. The molecule has 7 N–H and O–H groups in total. The molecule has 0 saturated carbocycles. The second kappa shape index (κ2) is 13.5. The van der Waals surface area contributed by atoms with Crippen LogP contribution in [0.5, 0.6) is 0 Å². The first-order valence-corrected chi connectivity index (χ1v) is 11.2. The molecule has 3 amide bonds. The monoisotopic (exact) mass is 486 g/mol. The zero-order valence-corrected chi connectivity index (χ0v) is 19.4. The van der Waals surface area contributed by atoms with Crippen molar-refractivity contribution in [2.45, 2.75) is 83.0 Å². The van der Waals surface area contributed by atoms with E-state index in [2.05, 4.69) is 10.6 Å². The number of nitrogens with zero attached hydrogens (tertiary/aromatic N) is 1. The van der Waals surface area contributed by atoms with Crippen LogP contribution in [0.2, 0.25) is 0 Å². The number of carboxylic acids is 3. The van der Waals surface area contributed by atoms with Gasteiger partial charge in [-0.15, -0.1) is 0 Å². The molecule has 1 aliphatic heterocycles. The fraction of sp³-hybridized carbons (Fsp3) is 0.714. The van der Waals surface area contributed by atoms with Gasteiger partial charge in [-0.2, -0.15) is 0 Å². The van der Waals surface area contributed by atoms with Crippen LogP contribution in [-0.2, 0) is 28.8 Å². The molecule has 0 aromatic heterocycles. The number of carbonyl (C=O) groups excluding carboxylic acids is 3. The average molecular weight is 487 g/mol. The van der Waals surface area contributed by atoms with E-state index in [0.29, 0.717) is 12.8 Å². The number of carboxylic acid groups (broad SMARTS) is 3. The lowest BCUT2D eigenvalue weighted by atomic mass is 10.0. The van der Waals surface area contributed by atoms with Crippen LogP contribution in [0.4, 0.5) is 0 Å². The molecular weight excluding hydrogens is 452 g/mol. The van der Waals surface area contributed by atoms with Crippen molar-refractivity contribution in [2.75, 3.05) is 6.54 Å². The van der Waals surface area contributed by atoms with Gasteiger partial charge < -0.3 is 36.6 Å². The lowest BCUT2D eigenvalue weighted by molar-refractivity contribution is -0.145. The van der Waals surface area contributed by atoms with E-state index < -0.39 is 72.6 Å². The van der Waals surface area contributed by atoms with Gasteiger partial charge in [0.2, 0.25) is 17.7 Å². The molecule has 1 saturated heterocycles. The molecule has 34 heavy (non-hydrogen) atoms. The van der Waals surface area contributed by atoms with Crippen LogP contribution in [0, 0.1) is 5.92 Å². The Morgan fingerprint density at radius 1 is 0.941 bits per heavy atom. The van der Waals surface area contributed by atoms with Crippen molar-refractivity contribution in [3.63, 3.8) is 0 Å². The lowest BCUT2D eigenvalue weighted by Gasteiger charge is -2.30. The van der Waals surface area contributed by atoms with Crippen LogP contribution in [0.3, 0.4) is 0 Å². The van der Waals surface area contributed by atoms with Gasteiger partial charge in [0.05, 0.1) is 6.04 Å². The number of likely N-dealkylation sites (tertiary alicyclic amines) is 1. The summed E-state index contributed by atoms with van der Waals surface area (Å²) in [5.41, 5.74) is 5.87. The molecule has 0 radical (unpaired) electrons. The molecular formula is C21H34N4O9. The van der Waals surface area contributed by atoms with Crippen molar-refractivity contribution < 1.29 is 44.1 Å². The molecule has 4 unspecified atom stereocenters. The quantitative estimate of drug-likeness (QED) is 0.178. The number of hydrogen-bond acceptors (Lipinski definition) is 7. The van der Waals surface area contributed by atoms with Crippen molar-refractivity contribution in [2.24, 2.45) is 11.7 Å². The molecule has 192 valence electrons. The SMILES string of the molecule is CC(C)CC(N)C(=O)NC(CCC(=O)O)C(=O)N1CCCC1C(=O)NC(CCC(=O)O)C(=O)O. The Morgan fingerprint density at radius 2 is 1.50 bits per heavy atom. The average Bonchev–Trinajstić information content (AvgIpc) is 3.22. The van der Waals surface area contributed by atoms with Gasteiger partial charge in [0.25, 0.3) is 0 Å². The molecule has 0 aromatic carbocycles. The standard InChI is InChI=1S/C21H34N4O9/c1-11(2)10-12(22)18(30)23-13(5-7-16(26)27)20(32)25-9-3-4-15(25)19(31)24-14(21(33)34)6-8-17(28)29/h11-15H,3-10,22H2,1-2H3,(H,23,30)(H,24,31)(H,26,27)(H,28,29)(H,33,34). The van der Waals surface area contributed by atoms with Gasteiger partial charge in [-0.05, 0) is 38.0 Å². The molecule has 1 heterocycles. The van der Waals surface area contributed by atoms with Gasteiger partial charge in [0.1, 0.15) is 18.1 Å². The molecule has 13 nitrogen and oxygen atoms in total. The van der Waals surface area contributed by atoms with Crippen LogP contribution in [0.15, 0.2) is 0 Å². The van der Waals surface area contributed by atoms with Crippen LogP contribution in [-0.4, -0.2) is 86.6 Å². The van der Waals surface area contributed by atoms with Crippen molar-refractivity contribution in [3.05, 3.63) is 0 Å². The fourth-order valence-electron chi connectivity index (χ4n) is 3.72. The number of carbonyl (C=O) groups is 6. The largest absolute Gasteiger partial charge is 0.481 e. The maximum absolute atomic E-state index is 13.2. The van der Waals surface area contributed by atoms with Gasteiger partial charge in [0.15, 0.2) is 0 Å². The summed E-state index contributed by atoms with van der Waals surface area (Å²) in [5, 5.41) is 31.8. The van der Waals surface area contributed by atoms with E-state index in [1.807, 2.05) is 13.8 Å². The Balaban J connectivity index is 2.96. The van der Waals surface area contributed by atoms with Gasteiger partial charge in [-0.1, -0.05) is 13.8 Å². The second-order valence-corrected chi connectivity index (χ2v) is 8.75. The van der Waals surface area contributed by atoms with E-state index in [-0.39, 0.29) is 31.7 Å². The first-order valence-electron chi connectivity index (χ1n) is 11.2. The molecule has 1 aliphatic rings. The predicted molar refractivity (Wildman–Crippen MR) is 117 cm³/mol. The molecule has 0 aromatic rings. The third-order valence-electron chi connectivity index (χ3n) is 5.42. The van der Waals surface area contributed by atoms with E-state index in [0.717, 1.165) is 0 Å². The summed E-state index contributed by atoms with van der Waals surface area (Å²) in [6.07, 6.45) is -0.398. The highest BCUT2D eigenvalue weighted by Gasteiger charge is 2.39. The minimum Gasteiger partial charge on any atom is -0.481 e. The van der Waals surface area contributed by atoms with E-state index in [1.165, 1.54) is 4.90 Å². The summed E-state index contributed by atoms with van der Waals surface area (Å²) in [7, 11) is 0. The zero-order valence-electron chi connectivity index (χ0n) is 19.4. The Morgan fingerprint density at radius 3 is 2.00 bits per heavy atom. The van der Waals surface area contributed by atoms with E-state index in [9.17, 15) is 33.9 Å². The topological polar surface area (TPSA) is 216 Å². The van der Waals surface area contributed by atoms with Crippen LogP contribution < -0.4 is 16.4 Å². The van der Waals surface area contributed by atoms with Crippen LogP contribution in [0.25, 0.3) is 0 Å². The minimum absolute atomic E-state index is 0.115. The first-order chi connectivity index (χ1) is 15.8. The van der Waals surface area contributed by atoms with Crippen molar-refractivity contribution in [3.8, 4) is 0 Å².